The molecular weight excluding hydrogens is 350 g/mol. The number of nitrogens with two attached hydrogens (primary N) is 2. The number of nitrogens with zero attached hydrogens (tertiary/aromatic N) is 3. The highest BCUT2D eigenvalue weighted by Gasteiger charge is 2.26. The number of hydrogen-bond acceptors (Lipinski definition) is 5. The molecule has 1 fully saturated rings. The van der Waals surface area contributed by atoms with E-state index in [1.165, 1.54) is 4.40 Å². The van der Waals surface area contributed by atoms with Crippen LogP contribution in [0.15, 0.2) is 29.2 Å². The highest BCUT2D eigenvalue weighted by atomic mass is 32.1. The van der Waals surface area contributed by atoms with E-state index in [0.717, 1.165) is 25.0 Å². The molecule has 26 heavy (non-hydrogen) atoms. The Labute approximate surface area is 155 Å². The second-order valence-corrected chi connectivity index (χ2v) is 7.03. The van der Waals surface area contributed by atoms with Gasteiger partial charge in [0.25, 0.3) is 11.2 Å². The first-order chi connectivity index (χ1) is 12.5. The molecule has 134 valence electrons. The summed E-state index contributed by atoms with van der Waals surface area (Å²) in [5.74, 6) is 0.408. The minimum atomic E-state index is -0.174. The van der Waals surface area contributed by atoms with Crippen LogP contribution in [0.5, 0.6) is 0 Å². The maximum absolute atomic E-state index is 13.1. The average molecular weight is 370 g/mol. The van der Waals surface area contributed by atoms with Gasteiger partial charge in [-0.2, -0.15) is 0 Å². The van der Waals surface area contributed by atoms with Crippen LogP contribution in [0.1, 0.15) is 24.0 Å². The van der Waals surface area contributed by atoms with E-state index in [4.69, 9.17) is 33.4 Å². The molecule has 1 aliphatic rings. The van der Waals surface area contributed by atoms with Crippen LogP contribution in [0.2, 0.25) is 0 Å². The van der Waals surface area contributed by atoms with Gasteiger partial charge in [-0.1, -0.05) is 23.3 Å². The summed E-state index contributed by atoms with van der Waals surface area (Å²) >= 11 is 5.14. The number of aromatic nitrogens is 3. The number of pyridine rings is 2. The number of thiocarbonyl (C=S) groups is 1. The Morgan fingerprint density at radius 2 is 2.35 bits per heavy atom. The number of rotatable bonds is 3. The third-order valence-corrected chi connectivity index (χ3v) is 5.07. The predicted molar refractivity (Wildman–Crippen MR) is 103 cm³/mol. The molecule has 7 nitrogen and oxygen atoms in total. The first-order valence-electron chi connectivity index (χ1n) is 8.53. The van der Waals surface area contributed by atoms with E-state index in [1.54, 1.807) is 12.3 Å². The molecule has 8 heteroatoms. The zero-order chi connectivity index (χ0) is 18.4. The fourth-order valence-corrected chi connectivity index (χ4v) is 3.65. The summed E-state index contributed by atoms with van der Waals surface area (Å²) in [5, 5.41) is 0.433. The van der Waals surface area contributed by atoms with E-state index >= 15 is 0 Å². The van der Waals surface area contributed by atoms with E-state index in [-0.39, 0.29) is 16.7 Å². The van der Waals surface area contributed by atoms with Crippen molar-refractivity contribution in [2.24, 2.45) is 5.73 Å². The Morgan fingerprint density at radius 3 is 3.04 bits per heavy atom. The lowest BCUT2D eigenvalue weighted by Crippen LogP contribution is -2.46. The lowest BCUT2D eigenvalue weighted by atomic mass is 10.1. The first kappa shape index (κ1) is 16.9. The molecule has 0 unspecified atom stereocenters. The number of hydrogen-bond donors (Lipinski definition) is 2. The summed E-state index contributed by atoms with van der Waals surface area (Å²) in [6.45, 7) is 3.16. The largest absolute Gasteiger partial charge is 0.389 e. The Balaban J connectivity index is 2.09. The van der Waals surface area contributed by atoms with Gasteiger partial charge < -0.3 is 16.2 Å². The number of ether oxygens (including phenoxy) is 1. The molecule has 3 aromatic heterocycles. The van der Waals surface area contributed by atoms with Crippen molar-refractivity contribution in [3.8, 4) is 0 Å². The molecule has 3 aromatic rings. The number of anilines is 1. The normalized spacial score (nSPS) is 17.2. The second-order valence-electron chi connectivity index (χ2n) is 6.59. The topological polar surface area (TPSA) is 99.5 Å². The average Bonchev–Trinajstić information content (AvgIpc) is 3.11. The molecule has 1 aliphatic heterocycles. The molecule has 0 radical (unpaired) electrons. The first-order valence-corrected chi connectivity index (χ1v) is 8.93. The van der Waals surface area contributed by atoms with Gasteiger partial charge in [-0.3, -0.25) is 9.20 Å². The van der Waals surface area contributed by atoms with Crippen molar-refractivity contribution in [2.45, 2.75) is 32.4 Å². The Hall–Kier alpha value is -2.58. The molecule has 1 atom stereocenters. The molecule has 0 aliphatic carbocycles. The number of fused-ring (bicyclic) bond motifs is 2. The molecule has 0 bridgehead atoms. The van der Waals surface area contributed by atoms with Gasteiger partial charge in [0, 0.05) is 18.4 Å². The quantitative estimate of drug-likeness (QED) is 0.403. The third kappa shape index (κ3) is 2.62. The van der Waals surface area contributed by atoms with Crippen LogP contribution in [0, 0.1) is 6.92 Å². The van der Waals surface area contributed by atoms with Crippen molar-refractivity contribution in [3.63, 3.8) is 0 Å². The molecule has 0 amide bonds. The number of nitrogen functional groups attached to an aromatic ring is 1. The van der Waals surface area contributed by atoms with Crippen molar-refractivity contribution in [1.29, 1.82) is 0 Å². The van der Waals surface area contributed by atoms with Gasteiger partial charge in [-0.05, 0) is 31.9 Å². The maximum atomic E-state index is 13.1. The monoisotopic (exact) mass is 370 g/mol. The SMILES string of the molecule is Cc1cccn2c(=O)c3cc(C(N)=S)c(N)[n+](C[C@@H]4CCCO4)c3nc12. The molecule has 4 heterocycles. The smallest absolute Gasteiger partial charge is 0.278 e. The molecule has 4 rings (SSSR count). The van der Waals surface area contributed by atoms with Crippen LogP contribution in [-0.2, 0) is 11.3 Å². The zero-order valence-corrected chi connectivity index (χ0v) is 15.3. The summed E-state index contributed by atoms with van der Waals surface area (Å²) < 4.78 is 9.10. The second kappa shape index (κ2) is 6.30. The molecule has 0 aromatic carbocycles. The molecule has 1 saturated heterocycles. The summed E-state index contributed by atoms with van der Waals surface area (Å²) in [6, 6.07) is 5.39. The van der Waals surface area contributed by atoms with Crippen LogP contribution in [-0.4, -0.2) is 27.1 Å². The van der Waals surface area contributed by atoms with Crippen molar-refractivity contribution in [1.82, 2.24) is 9.38 Å². The van der Waals surface area contributed by atoms with Crippen molar-refractivity contribution in [2.75, 3.05) is 12.3 Å². The van der Waals surface area contributed by atoms with Gasteiger partial charge in [0.05, 0.1) is 18.2 Å². The summed E-state index contributed by atoms with van der Waals surface area (Å²) in [6.07, 6.45) is 3.69. The Morgan fingerprint density at radius 1 is 1.54 bits per heavy atom. The Bertz CT molecular complexity index is 1100. The standard InChI is InChI=1S/C18H19N5O2S/c1-10-4-2-6-22-16(10)21-17-13(18(22)24)8-12(15(20)26)14(19)23(17)9-11-5-3-7-25-11/h2,4,6,8,11,19H,3,5,7,9H2,1H3,(H2,20,26)/p+1/t11-/m0/s1. The van der Waals surface area contributed by atoms with Crippen LogP contribution in [0.4, 0.5) is 5.82 Å². The number of aryl methyl sites for hydroxylation is 1. The van der Waals surface area contributed by atoms with Crippen LogP contribution in [0.3, 0.4) is 0 Å². The van der Waals surface area contributed by atoms with Gasteiger partial charge in [0.2, 0.25) is 11.5 Å². The van der Waals surface area contributed by atoms with E-state index in [0.29, 0.717) is 34.6 Å². The van der Waals surface area contributed by atoms with Crippen molar-refractivity contribution < 1.29 is 9.30 Å². The van der Waals surface area contributed by atoms with E-state index in [1.807, 2.05) is 23.6 Å². The minimum absolute atomic E-state index is 0.0317. The predicted octanol–water partition coefficient (Wildman–Crippen LogP) is 0.839. The summed E-state index contributed by atoms with van der Waals surface area (Å²) in [5.41, 5.74) is 14.5. The highest BCUT2D eigenvalue weighted by molar-refractivity contribution is 7.80. The summed E-state index contributed by atoms with van der Waals surface area (Å²) in [7, 11) is 0. The van der Waals surface area contributed by atoms with E-state index in [9.17, 15) is 4.79 Å². The van der Waals surface area contributed by atoms with Gasteiger partial charge in [-0.15, -0.1) is 0 Å². The van der Waals surface area contributed by atoms with Gasteiger partial charge in [-0.25, -0.2) is 4.57 Å². The van der Waals surface area contributed by atoms with E-state index < -0.39 is 0 Å². The zero-order valence-electron chi connectivity index (χ0n) is 14.4. The fraction of sp³-hybridized carbons (Fsp3) is 0.333. The van der Waals surface area contributed by atoms with E-state index in [2.05, 4.69) is 0 Å². The fourth-order valence-electron chi connectivity index (χ4n) is 3.48. The van der Waals surface area contributed by atoms with Crippen LogP contribution < -0.4 is 21.6 Å². The molecule has 0 spiro atoms. The molecular formula is C18H20N5O2S+. The maximum Gasteiger partial charge on any atom is 0.278 e. The third-order valence-electron chi connectivity index (χ3n) is 4.85. The highest BCUT2D eigenvalue weighted by Crippen LogP contribution is 2.18. The lowest BCUT2D eigenvalue weighted by Gasteiger charge is -2.14. The lowest BCUT2D eigenvalue weighted by molar-refractivity contribution is -0.666. The van der Waals surface area contributed by atoms with Crippen molar-refractivity contribution >= 4 is 39.7 Å². The Kier molecular flexibility index (Phi) is 4.08. The molecule has 0 saturated carbocycles. The van der Waals surface area contributed by atoms with Crippen LogP contribution in [0.25, 0.3) is 16.7 Å². The summed E-state index contributed by atoms with van der Waals surface area (Å²) in [4.78, 5) is 18.0. The van der Waals surface area contributed by atoms with Crippen molar-refractivity contribution in [3.05, 3.63) is 45.9 Å². The molecule has 4 N–H and O–H groups in total. The minimum Gasteiger partial charge on any atom is -0.389 e. The van der Waals surface area contributed by atoms with Gasteiger partial charge >= 0.3 is 0 Å². The van der Waals surface area contributed by atoms with Crippen LogP contribution >= 0.6 is 12.2 Å². The van der Waals surface area contributed by atoms with Gasteiger partial charge in [0.15, 0.2) is 0 Å². The van der Waals surface area contributed by atoms with Gasteiger partial charge in [0.1, 0.15) is 10.4 Å².